The predicted molar refractivity (Wildman–Crippen MR) is 91.1 cm³/mol. The quantitative estimate of drug-likeness (QED) is 0.639. The molecule has 1 rings (SSSR count). The lowest BCUT2D eigenvalue weighted by molar-refractivity contribution is -0.144. The molecule has 24 heavy (non-hydrogen) atoms. The number of benzene rings is 1. The van der Waals surface area contributed by atoms with Crippen LogP contribution in [0.3, 0.4) is 0 Å². The summed E-state index contributed by atoms with van der Waals surface area (Å²) < 4.78 is 24.9. The Hall–Kier alpha value is -1.93. The molecule has 0 bridgehead atoms. The van der Waals surface area contributed by atoms with E-state index in [0.717, 1.165) is 6.26 Å². The normalized spacial score (nSPS) is 14.7. The van der Waals surface area contributed by atoms with E-state index in [1.165, 1.54) is 13.8 Å². The summed E-state index contributed by atoms with van der Waals surface area (Å²) in [5, 5.41) is 12.3. The van der Waals surface area contributed by atoms with Crippen LogP contribution in [0.5, 0.6) is 0 Å². The summed E-state index contributed by atoms with van der Waals surface area (Å²) in [5.74, 6) is -1.65. The molecule has 1 aromatic rings. The SMILES string of the molecule is CCC(CNC(=O)C(C)(C)NS(C)(=O)=O)(C(=O)O)c1ccccc1. The van der Waals surface area contributed by atoms with Crippen LogP contribution >= 0.6 is 0 Å². The fourth-order valence-corrected chi connectivity index (χ4v) is 3.52. The van der Waals surface area contributed by atoms with E-state index in [2.05, 4.69) is 10.0 Å². The molecular formula is C16H24N2O5S. The van der Waals surface area contributed by atoms with Crippen molar-refractivity contribution >= 4 is 21.9 Å². The zero-order valence-corrected chi connectivity index (χ0v) is 15.1. The highest BCUT2D eigenvalue weighted by molar-refractivity contribution is 7.88. The first-order valence-electron chi connectivity index (χ1n) is 7.51. The molecule has 1 unspecified atom stereocenters. The lowest BCUT2D eigenvalue weighted by atomic mass is 9.78. The third kappa shape index (κ3) is 4.78. The van der Waals surface area contributed by atoms with E-state index in [4.69, 9.17) is 0 Å². The van der Waals surface area contributed by atoms with Gasteiger partial charge in [-0.05, 0) is 25.8 Å². The summed E-state index contributed by atoms with van der Waals surface area (Å²) in [6.45, 7) is 4.42. The van der Waals surface area contributed by atoms with Gasteiger partial charge in [0, 0.05) is 6.54 Å². The molecule has 7 nitrogen and oxygen atoms in total. The minimum atomic E-state index is -3.58. The van der Waals surface area contributed by atoms with E-state index in [1.54, 1.807) is 37.3 Å². The first-order chi connectivity index (χ1) is 10.9. The summed E-state index contributed by atoms with van der Waals surface area (Å²) in [7, 11) is -3.58. The van der Waals surface area contributed by atoms with Gasteiger partial charge in [0.1, 0.15) is 11.0 Å². The molecule has 0 fully saturated rings. The van der Waals surface area contributed by atoms with Gasteiger partial charge in [-0.1, -0.05) is 37.3 Å². The molecule has 134 valence electrons. The van der Waals surface area contributed by atoms with Crippen molar-refractivity contribution in [1.29, 1.82) is 0 Å². The number of carboxylic acid groups (broad SMARTS) is 1. The van der Waals surface area contributed by atoms with Crippen LogP contribution in [0.25, 0.3) is 0 Å². The van der Waals surface area contributed by atoms with Gasteiger partial charge in [-0.3, -0.25) is 9.59 Å². The molecular weight excluding hydrogens is 332 g/mol. The van der Waals surface area contributed by atoms with Crippen molar-refractivity contribution in [1.82, 2.24) is 10.0 Å². The van der Waals surface area contributed by atoms with Crippen LogP contribution in [0, 0.1) is 0 Å². The fraction of sp³-hybridized carbons (Fsp3) is 0.500. The Morgan fingerprint density at radius 1 is 1.17 bits per heavy atom. The fourth-order valence-electron chi connectivity index (χ4n) is 2.50. The Labute approximate surface area is 142 Å². The number of amides is 1. The summed E-state index contributed by atoms with van der Waals surface area (Å²) in [5.41, 5.74) is -2.09. The van der Waals surface area contributed by atoms with Crippen LogP contribution < -0.4 is 10.0 Å². The molecule has 0 aromatic heterocycles. The first kappa shape index (κ1) is 20.1. The van der Waals surface area contributed by atoms with Crippen LogP contribution in [0.4, 0.5) is 0 Å². The van der Waals surface area contributed by atoms with Gasteiger partial charge < -0.3 is 10.4 Å². The molecule has 0 aliphatic heterocycles. The third-order valence-corrected chi connectivity index (χ3v) is 4.78. The number of hydrogen-bond donors (Lipinski definition) is 3. The Morgan fingerprint density at radius 3 is 2.12 bits per heavy atom. The molecule has 0 radical (unpaired) electrons. The van der Waals surface area contributed by atoms with E-state index >= 15 is 0 Å². The topological polar surface area (TPSA) is 113 Å². The number of carboxylic acids is 1. The minimum absolute atomic E-state index is 0.142. The van der Waals surface area contributed by atoms with Crippen LogP contribution in [-0.2, 0) is 25.0 Å². The van der Waals surface area contributed by atoms with E-state index in [1.807, 2.05) is 0 Å². The summed E-state index contributed by atoms with van der Waals surface area (Å²) in [4.78, 5) is 24.2. The Morgan fingerprint density at radius 2 is 1.71 bits per heavy atom. The maximum Gasteiger partial charge on any atom is 0.315 e. The predicted octanol–water partition coefficient (Wildman–Crippen LogP) is 0.863. The Kier molecular flexibility index (Phi) is 6.13. The minimum Gasteiger partial charge on any atom is -0.481 e. The number of rotatable bonds is 8. The van der Waals surface area contributed by atoms with Gasteiger partial charge in [0.15, 0.2) is 0 Å². The van der Waals surface area contributed by atoms with Crippen molar-refractivity contribution in [3.05, 3.63) is 35.9 Å². The summed E-state index contributed by atoms with van der Waals surface area (Å²) >= 11 is 0. The number of carbonyl (C=O) groups is 2. The first-order valence-corrected chi connectivity index (χ1v) is 9.40. The van der Waals surface area contributed by atoms with Crippen LogP contribution in [0.2, 0.25) is 0 Å². The maximum absolute atomic E-state index is 12.3. The molecule has 0 saturated carbocycles. The molecule has 0 aliphatic rings. The monoisotopic (exact) mass is 356 g/mol. The average molecular weight is 356 g/mol. The zero-order valence-electron chi connectivity index (χ0n) is 14.3. The summed E-state index contributed by atoms with van der Waals surface area (Å²) in [6, 6.07) is 8.65. The second kappa shape index (κ2) is 7.31. The molecule has 1 aromatic carbocycles. The highest BCUT2D eigenvalue weighted by Gasteiger charge is 2.40. The van der Waals surface area contributed by atoms with Gasteiger partial charge in [-0.25, -0.2) is 13.1 Å². The number of hydrogen-bond acceptors (Lipinski definition) is 4. The molecule has 1 amide bonds. The number of nitrogens with one attached hydrogen (secondary N) is 2. The van der Waals surface area contributed by atoms with Gasteiger partial charge in [-0.2, -0.15) is 0 Å². The molecule has 0 saturated heterocycles. The zero-order chi connectivity index (χ0) is 18.6. The van der Waals surface area contributed by atoms with E-state index < -0.39 is 32.9 Å². The van der Waals surface area contributed by atoms with E-state index in [9.17, 15) is 23.1 Å². The van der Waals surface area contributed by atoms with Crippen molar-refractivity contribution in [2.24, 2.45) is 0 Å². The number of sulfonamides is 1. The lowest BCUT2D eigenvalue weighted by Gasteiger charge is -2.31. The highest BCUT2D eigenvalue weighted by atomic mass is 32.2. The van der Waals surface area contributed by atoms with Crippen molar-refractivity contribution in [3.63, 3.8) is 0 Å². The Bertz CT molecular complexity index is 700. The molecule has 0 heterocycles. The smallest absolute Gasteiger partial charge is 0.315 e. The van der Waals surface area contributed by atoms with E-state index in [-0.39, 0.29) is 13.0 Å². The van der Waals surface area contributed by atoms with Crippen LogP contribution in [-0.4, -0.2) is 43.7 Å². The van der Waals surface area contributed by atoms with Gasteiger partial charge in [0.2, 0.25) is 15.9 Å². The third-order valence-electron chi connectivity index (χ3n) is 3.90. The average Bonchev–Trinajstić information content (AvgIpc) is 2.46. The number of aliphatic carboxylic acids is 1. The Balaban J connectivity index is 3.02. The largest absolute Gasteiger partial charge is 0.481 e. The molecule has 0 spiro atoms. The standard InChI is InChI=1S/C16H24N2O5S/c1-5-16(14(20)21,12-9-7-6-8-10-12)11-17-13(19)15(2,3)18-24(4,22)23/h6-10,18H,5,11H2,1-4H3,(H,17,19)(H,20,21). The maximum atomic E-state index is 12.3. The van der Waals surface area contributed by atoms with E-state index in [0.29, 0.717) is 5.56 Å². The highest BCUT2D eigenvalue weighted by Crippen LogP contribution is 2.28. The van der Waals surface area contributed by atoms with Crippen molar-refractivity contribution in [3.8, 4) is 0 Å². The van der Waals surface area contributed by atoms with Gasteiger partial charge in [0.05, 0.1) is 6.26 Å². The van der Waals surface area contributed by atoms with Crippen LogP contribution in [0.1, 0.15) is 32.8 Å². The molecule has 8 heteroatoms. The van der Waals surface area contributed by atoms with Crippen molar-refractivity contribution in [2.75, 3.05) is 12.8 Å². The van der Waals surface area contributed by atoms with Crippen LogP contribution in [0.15, 0.2) is 30.3 Å². The second-order valence-electron chi connectivity index (χ2n) is 6.29. The molecule has 0 aliphatic carbocycles. The van der Waals surface area contributed by atoms with Gasteiger partial charge >= 0.3 is 5.97 Å². The van der Waals surface area contributed by atoms with Crippen molar-refractivity contribution < 1.29 is 23.1 Å². The molecule has 3 N–H and O–H groups in total. The summed E-state index contributed by atoms with van der Waals surface area (Å²) in [6.07, 6.45) is 1.23. The van der Waals surface area contributed by atoms with Crippen molar-refractivity contribution in [2.45, 2.75) is 38.1 Å². The lowest BCUT2D eigenvalue weighted by Crippen LogP contribution is -2.57. The number of carbonyl (C=O) groups excluding carboxylic acids is 1. The second-order valence-corrected chi connectivity index (χ2v) is 8.04. The van der Waals surface area contributed by atoms with Gasteiger partial charge in [0.25, 0.3) is 0 Å². The van der Waals surface area contributed by atoms with Gasteiger partial charge in [-0.15, -0.1) is 0 Å². The molecule has 1 atom stereocenters.